The number of hydrogen-bond acceptors (Lipinski definition) is 1. The predicted octanol–water partition coefficient (Wildman–Crippen LogP) is 10.6. The number of allylic oxidation sites excluding steroid dienone is 11. The van der Waals surface area contributed by atoms with Gasteiger partial charge in [-0.15, -0.1) is 0 Å². The first-order valence-corrected chi connectivity index (χ1v) is 14.1. The van der Waals surface area contributed by atoms with Gasteiger partial charge in [-0.05, 0) is 130 Å². The van der Waals surface area contributed by atoms with Crippen LogP contribution in [0.3, 0.4) is 0 Å². The lowest BCUT2D eigenvalue weighted by Crippen LogP contribution is -2.28. The van der Waals surface area contributed by atoms with E-state index in [-0.39, 0.29) is 12.0 Å². The second-order valence-corrected chi connectivity index (χ2v) is 12.0. The quantitative estimate of drug-likeness (QED) is 0.218. The Balaban J connectivity index is 2.53. The monoisotopic (exact) mass is 480 g/mol. The molecule has 0 aromatic heterocycles. The average Bonchev–Trinajstić information content (AvgIpc) is 2.77. The molecule has 2 atom stereocenters. The fourth-order valence-corrected chi connectivity index (χ4v) is 5.10. The van der Waals surface area contributed by atoms with Gasteiger partial charge < -0.3 is 5.11 Å². The molecule has 0 aliphatic heterocycles. The summed E-state index contributed by atoms with van der Waals surface area (Å²) in [5, 5.41) is 10.1. The highest BCUT2D eigenvalue weighted by atomic mass is 16.3. The van der Waals surface area contributed by atoms with Crippen LogP contribution in [-0.2, 0) is 0 Å². The summed E-state index contributed by atoms with van der Waals surface area (Å²) in [6.45, 7) is 20.1. The van der Waals surface area contributed by atoms with E-state index in [1.807, 2.05) is 0 Å². The van der Waals surface area contributed by atoms with Crippen LogP contribution in [0.25, 0.3) is 0 Å². The molecule has 1 nitrogen and oxygen atoms in total. The average molecular weight is 481 g/mol. The van der Waals surface area contributed by atoms with Crippen molar-refractivity contribution in [3.8, 4) is 0 Å². The van der Waals surface area contributed by atoms with E-state index in [0.29, 0.717) is 5.92 Å². The Morgan fingerprint density at radius 3 is 1.94 bits per heavy atom. The Morgan fingerprint density at radius 2 is 1.40 bits per heavy atom. The van der Waals surface area contributed by atoms with E-state index >= 15 is 0 Å². The summed E-state index contributed by atoms with van der Waals surface area (Å²) < 4.78 is 0. The maximum absolute atomic E-state index is 10.1. The fourth-order valence-electron chi connectivity index (χ4n) is 5.10. The molecule has 1 heteroatoms. The molecule has 1 rings (SSSR count). The maximum atomic E-state index is 10.1. The van der Waals surface area contributed by atoms with Gasteiger partial charge in [0.1, 0.15) is 0 Å². The van der Waals surface area contributed by atoms with E-state index in [0.717, 1.165) is 70.6 Å². The second kappa shape index (κ2) is 17.0. The lowest BCUT2D eigenvalue weighted by Gasteiger charge is -2.36. The molecule has 0 fully saturated rings. The summed E-state index contributed by atoms with van der Waals surface area (Å²) in [5.41, 5.74) is 8.76. The van der Waals surface area contributed by atoms with Crippen molar-refractivity contribution >= 4 is 0 Å². The zero-order valence-corrected chi connectivity index (χ0v) is 24.3. The number of aliphatic hydroxyl groups is 1. The van der Waals surface area contributed by atoms with E-state index in [2.05, 4.69) is 85.4 Å². The minimum Gasteiger partial charge on any atom is -0.396 e. The molecular formula is C34H56O. The predicted molar refractivity (Wildman–Crippen MR) is 158 cm³/mol. The van der Waals surface area contributed by atoms with Crippen molar-refractivity contribution < 1.29 is 5.11 Å². The minimum absolute atomic E-state index is 0.0312. The van der Waals surface area contributed by atoms with Gasteiger partial charge in [0.2, 0.25) is 0 Å². The minimum atomic E-state index is 0.0312. The van der Waals surface area contributed by atoms with Crippen LogP contribution in [0.4, 0.5) is 0 Å². The highest BCUT2D eigenvalue weighted by Crippen LogP contribution is 2.41. The van der Waals surface area contributed by atoms with Crippen molar-refractivity contribution in [1.82, 2.24) is 0 Å². The number of rotatable bonds is 16. The molecule has 0 amide bonds. The van der Waals surface area contributed by atoms with Crippen LogP contribution in [0.5, 0.6) is 0 Å². The smallest absolute Gasteiger partial charge is 0.0488 e. The Kier molecular flexibility index (Phi) is 15.2. The van der Waals surface area contributed by atoms with Crippen LogP contribution in [0.1, 0.15) is 126 Å². The summed E-state index contributed by atoms with van der Waals surface area (Å²) in [5.74, 6) is 0.566. The van der Waals surface area contributed by atoms with E-state index in [9.17, 15) is 5.11 Å². The molecule has 0 bridgehead atoms. The standard InChI is InChI=1S/C34H56O/c1-27(2)13-9-15-29(5)17-11-18-31(7)21-22-33-23-32(24-34(8,25-33)26-35)20-12-19-30(6)16-10-14-28(3)4/h13-14,17,19,23,33,35H,7,9-12,15-16,18,20-22,24-26H2,1-6,8H3/b29-17+,30-19+/t33-,34-/m1/s1. The van der Waals surface area contributed by atoms with Crippen LogP contribution < -0.4 is 0 Å². The molecule has 198 valence electrons. The summed E-state index contributed by atoms with van der Waals surface area (Å²) >= 11 is 0. The Hall–Kier alpha value is -1.60. The van der Waals surface area contributed by atoms with Crippen molar-refractivity contribution in [3.05, 3.63) is 70.4 Å². The molecule has 1 N–H and O–H groups in total. The van der Waals surface area contributed by atoms with E-state index in [1.165, 1.54) is 34.3 Å². The van der Waals surface area contributed by atoms with Crippen LogP contribution in [-0.4, -0.2) is 11.7 Å². The van der Waals surface area contributed by atoms with Crippen molar-refractivity contribution in [2.45, 2.75) is 126 Å². The Morgan fingerprint density at radius 1 is 0.857 bits per heavy atom. The van der Waals surface area contributed by atoms with E-state index in [1.54, 1.807) is 5.57 Å². The van der Waals surface area contributed by atoms with Crippen molar-refractivity contribution in [2.24, 2.45) is 11.3 Å². The van der Waals surface area contributed by atoms with Crippen molar-refractivity contribution in [2.75, 3.05) is 6.61 Å². The highest BCUT2D eigenvalue weighted by molar-refractivity contribution is 5.15. The van der Waals surface area contributed by atoms with Crippen LogP contribution in [0.2, 0.25) is 0 Å². The number of aliphatic hydroxyl groups excluding tert-OH is 1. The molecule has 0 unspecified atom stereocenters. The van der Waals surface area contributed by atoms with Gasteiger partial charge in [-0.2, -0.15) is 0 Å². The van der Waals surface area contributed by atoms with Crippen LogP contribution in [0.15, 0.2) is 70.4 Å². The van der Waals surface area contributed by atoms with Crippen molar-refractivity contribution in [3.63, 3.8) is 0 Å². The lowest BCUT2D eigenvalue weighted by atomic mass is 9.70. The first-order chi connectivity index (χ1) is 16.5. The lowest BCUT2D eigenvalue weighted by molar-refractivity contribution is 0.110. The van der Waals surface area contributed by atoms with Gasteiger partial charge in [0.15, 0.2) is 0 Å². The summed E-state index contributed by atoms with van der Waals surface area (Å²) in [6, 6.07) is 0. The molecule has 1 aliphatic carbocycles. The highest BCUT2D eigenvalue weighted by Gasteiger charge is 2.31. The summed E-state index contributed by atoms with van der Waals surface area (Å²) in [6.07, 6.45) is 25.5. The molecule has 0 aromatic rings. The molecule has 0 saturated heterocycles. The fraction of sp³-hybridized carbons (Fsp3) is 0.647. The normalized spacial score (nSPS) is 20.9. The first-order valence-electron chi connectivity index (χ1n) is 14.1. The third-order valence-electron chi connectivity index (χ3n) is 7.26. The van der Waals surface area contributed by atoms with Gasteiger partial charge in [0, 0.05) is 6.61 Å². The van der Waals surface area contributed by atoms with Gasteiger partial charge in [-0.1, -0.05) is 77.3 Å². The summed E-state index contributed by atoms with van der Waals surface area (Å²) in [4.78, 5) is 0. The van der Waals surface area contributed by atoms with E-state index < -0.39 is 0 Å². The largest absolute Gasteiger partial charge is 0.396 e. The first kappa shape index (κ1) is 31.4. The van der Waals surface area contributed by atoms with E-state index in [4.69, 9.17) is 0 Å². The SMILES string of the molecule is C=C(CC/C=C(\C)CCC=C(C)C)CC[C@@H]1C=C(CC/C=C(\C)CCC=C(C)C)C[C@@](C)(CO)C1. The van der Waals surface area contributed by atoms with Crippen LogP contribution >= 0.6 is 0 Å². The van der Waals surface area contributed by atoms with Gasteiger partial charge in [-0.25, -0.2) is 0 Å². The molecule has 0 aromatic carbocycles. The molecule has 0 saturated carbocycles. The van der Waals surface area contributed by atoms with Crippen molar-refractivity contribution in [1.29, 1.82) is 0 Å². The molecule has 0 heterocycles. The molecular weight excluding hydrogens is 424 g/mol. The maximum Gasteiger partial charge on any atom is 0.0488 e. The zero-order valence-electron chi connectivity index (χ0n) is 24.3. The molecule has 0 spiro atoms. The second-order valence-electron chi connectivity index (χ2n) is 12.0. The van der Waals surface area contributed by atoms with Crippen LogP contribution in [0, 0.1) is 11.3 Å². The third-order valence-corrected chi connectivity index (χ3v) is 7.26. The topological polar surface area (TPSA) is 20.2 Å². The molecule has 1 aliphatic rings. The number of hydrogen-bond donors (Lipinski definition) is 1. The van der Waals surface area contributed by atoms with Gasteiger partial charge >= 0.3 is 0 Å². The third kappa shape index (κ3) is 15.2. The zero-order chi connectivity index (χ0) is 26.3. The molecule has 0 radical (unpaired) electrons. The molecule has 35 heavy (non-hydrogen) atoms. The summed E-state index contributed by atoms with van der Waals surface area (Å²) in [7, 11) is 0. The Bertz CT molecular complexity index is 792. The van der Waals surface area contributed by atoms with Gasteiger partial charge in [-0.3, -0.25) is 0 Å². The Labute approximate surface area is 218 Å². The van der Waals surface area contributed by atoms with Gasteiger partial charge in [0.05, 0.1) is 0 Å². The van der Waals surface area contributed by atoms with Gasteiger partial charge in [0.25, 0.3) is 0 Å².